The highest BCUT2D eigenvalue weighted by molar-refractivity contribution is 5.98. The third kappa shape index (κ3) is 3.03. The first-order valence-electron chi connectivity index (χ1n) is 6.80. The van der Waals surface area contributed by atoms with E-state index in [0.29, 0.717) is 17.9 Å². The fourth-order valence-electron chi connectivity index (χ4n) is 2.12. The fraction of sp³-hybridized carbons (Fsp3) is 0.571. The van der Waals surface area contributed by atoms with Gasteiger partial charge >= 0.3 is 0 Å². The molecule has 2 rings (SSSR count). The molecule has 0 spiro atoms. The van der Waals surface area contributed by atoms with Crippen LogP contribution in [0.2, 0.25) is 0 Å². The molecule has 0 bridgehead atoms. The van der Waals surface area contributed by atoms with Crippen LogP contribution < -0.4 is 5.32 Å². The van der Waals surface area contributed by atoms with Gasteiger partial charge in [0.05, 0.1) is 11.8 Å². The summed E-state index contributed by atoms with van der Waals surface area (Å²) in [5.41, 5.74) is 0.322. The van der Waals surface area contributed by atoms with E-state index in [1.54, 1.807) is 11.9 Å². The Bertz CT molecular complexity index is 460. The molecule has 0 atom stereocenters. The van der Waals surface area contributed by atoms with Gasteiger partial charge < -0.3 is 10.2 Å². The summed E-state index contributed by atoms with van der Waals surface area (Å²) < 4.78 is 13.3. The number of rotatable bonds is 5. The molecule has 0 saturated heterocycles. The molecule has 5 heteroatoms. The number of carbonyl (C=O) groups excluding carboxylic acids is 1. The molecule has 0 aliphatic heterocycles. The molecule has 1 amide bonds. The molecule has 1 aliphatic carbocycles. The van der Waals surface area contributed by atoms with E-state index in [9.17, 15) is 9.18 Å². The van der Waals surface area contributed by atoms with Crippen LogP contribution in [-0.2, 0) is 0 Å². The summed E-state index contributed by atoms with van der Waals surface area (Å²) in [6.07, 6.45) is 5.28. The van der Waals surface area contributed by atoms with Gasteiger partial charge in [-0.05, 0) is 31.7 Å². The lowest BCUT2D eigenvalue weighted by atomic mass is 9.91. The number of halogens is 1. The van der Waals surface area contributed by atoms with Crippen LogP contribution in [0.5, 0.6) is 0 Å². The van der Waals surface area contributed by atoms with Gasteiger partial charge in [0.2, 0.25) is 0 Å². The zero-order valence-corrected chi connectivity index (χ0v) is 11.4. The minimum atomic E-state index is -0.479. The maximum absolute atomic E-state index is 13.3. The topological polar surface area (TPSA) is 45.2 Å². The van der Waals surface area contributed by atoms with Gasteiger partial charge in [0, 0.05) is 19.6 Å². The number of nitrogens with one attached hydrogen (secondary N) is 1. The molecule has 1 aromatic heterocycles. The molecule has 1 aliphatic rings. The molecule has 0 unspecified atom stereocenters. The van der Waals surface area contributed by atoms with Crippen LogP contribution in [0.3, 0.4) is 0 Å². The molecule has 19 heavy (non-hydrogen) atoms. The lowest BCUT2D eigenvalue weighted by Gasteiger charge is -2.35. The Labute approximate surface area is 113 Å². The highest BCUT2D eigenvalue weighted by Gasteiger charge is 2.28. The molecular weight excluding hydrogens is 245 g/mol. The van der Waals surface area contributed by atoms with Crippen molar-refractivity contribution in [1.82, 2.24) is 9.88 Å². The number of anilines is 1. The van der Waals surface area contributed by atoms with E-state index >= 15 is 0 Å². The minimum Gasteiger partial charge on any atom is -0.369 e. The summed E-state index contributed by atoms with van der Waals surface area (Å²) >= 11 is 0. The lowest BCUT2D eigenvalue weighted by Crippen LogP contribution is -2.41. The highest BCUT2D eigenvalue weighted by Crippen LogP contribution is 2.26. The second-order valence-corrected chi connectivity index (χ2v) is 4.98. The van der Waals surface area contributed by atoms with Crippen molar-refractivity contribution in [3.05, 3.63) is 23.6 Å². The summed E-state index contributed by atoms with van der Waals surface area (Å²) in [5, 5.41) is 3.08. The molecule has 104 valence electrons. The van der Waals surface area contributed by atoms with E-state index in [2.05, 4.69) is 10.3 Å². The van der Waals surface area contributed by atoms with E-state index in [-0.39, 0.29) is 11.9 Å². The summed E-state index contributed by atoms with van der Waals surface area (Å²) in [6.45, 7) is 2.74. The summed E-state index contributed by atoms with van der Waals surface area (Å²) in [5.74, 6) is -0.165. The second kappa shape index (κ2) is 5.99. The van der Waals surface area contributed by atoms with Gasteiger partial charge in [0.25, 0.3) is 5.91 Å². The number of aromatic nitrogens is 1. The zero-order valence-electron chi connectivity index (χ0n) is 11.4. The predicted octanol–water partition coefficient (Wildman–Crippen LogP) is 2.67. The van der Waals surface area contributed by atoms with Gasteiger partial charge in [-0.3, -0.25) is 4.79 Å². The summed E-state index contributed by atoms with van der Waals surface area (Å²) in [6, 6.07) is 1.55. The van der Waals surface area contributed by atoms with Crippen LogP contribution in [0.15, 0.2) is 12.3 Å². The van der Waals surface area contributed by atoms with Crippen molar-refractivity contribution in [2.24, 2.45) is 0 Å². The van der Waals surface area contributed by atoms with Gasteiger partial charge in [0.15, 0.2) is 0 Å². The number of amides is 1. The third-order valence-corrected chi connectivity index (χ3v) is 3.57. The van der Waals surface area contributed by atoms with Crippen LogP contribution in [0, 0.1) is 5.82 Å². The van der Waals surface area contributed by atoms with Crippen LogP contribution in [0.1, 0.15) is 43.0 Å². The molecule has 1 aromatic rings. The summed E-state index contributed by atoms with van der Waals surface area (Å²) in [4.78, 5) is 18.1. The Morgan fingerprint density at radius 3 is 2.89 bits per heavy atom. The Hall–Kier alpha value is -1.65. The van der Waals surface area contributed by atoms with Crippen LogP contribution in [0.4, 0.5) is 10.2 Å². The van der Waals surface area contributed by atoms with Gasteiger partial charge in [-0.2, -0.15) is 0 Å². The van der Waals surface area contributed by atoms with Gasteiger partial charge in [-0.25, -0.2) is 9.37 Å². The van der Waals surface area contributed by atoms with Gasteiger partial charge in [-0.1, -0.05) is 6.92 Å². The first-order valence-corrected chi connectivity index (χ1v) is 6.80. The van der Waals surface area contributed by atoms with E-state index in [4.69, 9.17) is 0 Å². The first kappa shape index (κ1) is 13.8. The SMILES string of the molecule is CCCNc1ncc(F)cc1C(=O)N(C)C1CCC1. The zero-order chi connectivity index (χ0) is 13.8. The Morgan fingerprint density at radius 2 is 2.32 bits per heavy atom. The number of hydrogen-bond acceptors (Lipinski definition) is 3. The fourth-order valence-corrected chi connectivity index (χ4v) is 2.12. The second-order valence-electron chi connectivity index (χ2n) is 4.98. The predicted molar refractivity (Wildman–Crippen MR) is 72.7 cm³/mol. The van der Waals surface area contributed by atoms with Crippen molar-refractivity contribution >= 4 is 11.7 Å². The largest absolute Gasteiger partial charge is 0.369 e. The van der Waals surface area contributed by atoms with Crippen molar-refractivity contribution in [3.63, 3.8) is 0 Å². The Balaban J connectivity index is 2.20. The van der Waals surface area contributed by atoms with Crippen molar-refractivity contribution < 1.29 is 9.18 Å². The number of carbonyl (C=O) groups is 1. The standard InChI is InChI=1S/C14H20FN3O/c1-3-7-16-13-12(8-10(15)9-17-13)14(19)18(2)11-5-4-6-11/h8-9,11H,3-7H2,1-2H3,(H,16,17). The first-order chi connectivity index (χ1) is 9.13. The third-order valence-electron chi connectivity index (χ3n) is 3.57. The molecule has 4 nitrogen and oxygen atoms in total. The van der Waals surface area contributed by atoms with Gasteiger partial charge in [0.1, 0.15) is 11.6 Å². The number of hydrogen-bond donors (Lipinski definition) is 1. The van der Waals surface area contributed by atoms with Crippen molar-refractivity contribution in [1.29, 1.82) is 0 Å². The van der Waals surface area contributed by atoms with Crippen LogP contribution in [-0.4, -0.2) is 35.4 Å². The van der Waals surface area contributed by atoms with Crippen molar-refractivity contribution in [2.75, 3.05) is 18.9 Å². The molecule has 0 aromatic carbocycles. The summed E-state index contributed by atoms with van der Waals surface area (Å²) in [7, 11) is 1.78. The van der Waals surface area contributed by atoms with E-state index in [0.717, 1.165) is 31.9 Å². The average molecular weight is 265 g/mol. The molecule has 1 heterocycles. The number of pyridine rings is 1. The monoisotopic (exact) mass is 265 g/mol. The lowest BCUT2D eigenvalue weighted by molar-refractivity contribution is 0.0652. The van der Waals surface area contributed by atoms with Crippen molar-refractivity contribution in [3.8, 4) is 0 Å². The molecule has 1 N–H and O–H groups in total. The van der Waals surface area contributed by atoms with E-state index in [1.165, 1.54) is 6.07 Å². The number of nitrogens with zero attached hydrogens (tertiary/aromatic N) is 2. The molecule has 0 radical (unpaired) electrons. The van der Waals surface area contributed by atoms with Crippen LogP contribution >= 0.6 is 0 Å². The minimum absolute atomic E-state index is 0.157. The highest BCUT2D eigenvalue weighted by atomic mass is 19.1. The van der Waals surface area contributed by atoms with Crippen LogP contribution in [0.25, 0.3) is 0 Å². The van der Waals surface area contributed by atoms with Crippen molar-refractivity contribution in [2.45, 2.75) is 38.6 Å². The normalized spacial score (nSPS) is 14.9. The van der Waals surface area contributed by atoms with E-state index in [1.807, 2.05) is 6.92 Å². The maximum Gasteiger partial charge on any atom is 0.257 e. The molecular formula is C14H20FN3O. The molecule has 1 fully saturated rings. The molecule has 1 saturated carbocycles. The van der Waals surface area contributed by atoms with E-state index < -0.39 is 5.82 Å². The smallest absolute Gasteiger partial charge is 0.257 e. The quantitative estimate of drug-likeness (QED) is 0.890. The maximum atomic E-state index is 13.3. The average Bonchev–Trinajstić information content (AvgIpc) is 2.34. The Kier molecular flexibility index (Phi) is 4.35. The van der Waals surface area contributed by atoms with Gasteiger partial charge in [-0.15, -0.1) is 0 Å². The Morgan fingerprint density at radius 1 is 1.58 bits per heavy atom.